The van der Waals surface area contributed by atoms with E-state index in [0.717, 1.165) is 54.6 Å². The van der Waals surface area contributed by atoms with Gasteiger partial charge in [-0.1, -0.05) is 37.6 Å². The summed E-state index contributed by atoms with van der Waals surface area (Å²) in [5.74, 6) is 2.13. The summed E-state index contributed by atoms with van der Waals surface area (Å²) in [5.41, 5.74) is 4.59. The molecule has 0 spiro atoms. The largest absolute Gasteiger partial charge is 0.493 e. The van der Waals surface area contributed by atoms with Gasteiger partial charge >= 0.3 is 0 Å². The average molecular weight is 612 g/mol. The Morgan fingerprint density at radius 1 is 0.978 bits per heavy atom. The van der Waals surface area contributed by atoms with E-state index in [1.807, 2.05) is 68.4 Å². The van der Waals surface area contributed by atoms with Crippen LogP contribution < -0.4 is 34.9 Å². The summed E-state index contributed by atoms with van der Waals surface area (Å²) in [6, 6.07) is 17.5. The van der Waals surface area contributed by atoms with E-state index in [1.54, 1.807) is 14.2 Å². The highest BCUT2D eigenvalue weighted by Gasteiger charge is 2.21. The van der Waals surface area contributed by atoms with Crippen molar-refractivity contribution in [3.8, 4) is 28.9 Å². The second-order valence-corrected chi connectivity index (χ2v) is 11.1. The van der Waals surface area contributed by atoms with E-state index >= 15 is 0 Å². The van der Waals surface area contributed by atoms with Crippen molar-refractivity contribution in [1.82, 2.24) is 15.3 Å². The SMILES string of the molecule is CCCc1ccc(Oc2nc(Nc3ccc(OC[C@@H]4CCCN4)c(OC)c3)ncc2C(=O)Nc2c(C)cccc2C)c(OC)c1. The highest BCUT2D eigenvalue weighted by atomic mass is 16.5. The molecule has 5 rings (SSSR count). The summed E-state index contributed by atoms with van der Waals surface area (Å²) >= 11 is 0. The van der Waals surface area contributed by atoms with Crippen molar-refractivity contribution in [2.75, 3.05) is 38.0 Å². The second kappa shape index (κ2) is 14.8. The van der Waals surface area contributed by atoms with Gasteiger partial charge < -0.3 is 34.9 Å². The Labute approximate surface area is 264 Å². The molecule has 10 heteroatoms. The molecule has 0 aliphatic carbocycles. The number of nitrogens with zero attached hydrogens (tertiary/aromatic N) is 2. The van der Waals surface area contributed by atoms with Gasteiger partial charge in [0.25, 0.3) is 5.91 Å². The molecule has 1 aliphatic rings. The van der Waals surface area contributed by atoms with Crippen molar-refractivity contribution in [3.63, 3.8) is 0 Å². The van der Waals surface area contributed by atoms with Crippen molar-refractivity contribution in [2.45, 2.75) is 52.5 Å². The Bertz CT molecular complexity index is 1620. The minimum Gasteiger partial charge on any atom is -0.493 e. The number of carbonyl (C=O) groups is 1. The Balaban J connectivity index is 1.43. The first-order valence-corrected chi connectivity index (χ1v) is 15.3. The van der Waals surface area contributed by atoms with Crippen LogP contribution in [0.2, 0.25) is 0 Å². The first-order chi connectivity index (χ1) is 21.9. The Morgan fingerprint density at radius 2 is 1.73 bits per heavy atom. The number of amides is 1. The average Bonchev–Trinajstić information content (AvgIpc) is 3.57. The zero-order valence-corrected chi connectivity index (χ0v) is 26.5. The number of para-hydroxylation sites is 1. The van der Waals surface area contributed by atoms with E-state index in [1.165, 1.54) is 6.20 Å². The highest BCUT2D eigenvalue weighted by molar-refractivity contribution is 6.06. The lowest BCUT2D eigenvalue weighted by Crippen LogP contribution is -2.28. The normalized spacial score (nSPS) is 14.1. The maximum absolute atomic E-state index is 13.6. The second-order valence-electron chi connectivity index (χ2n) is 11.1. The number of rotatable bonds is 13. The topological polar surface area (TPSA) is 116 Å². The predicted molar refractivity (Wildman–Crippen MR) is 176 cm³/mol. The fourth-order valence-electron chi connectivity index (χ4n) is 5.28. The molecule has 1 amide bonds. The number of benzene rings is 3. The van der Waals surface area contributed by atoms with Crippen LogP contribution in [0.4, 0.5) is 17.3 Å². The monoisotopic (exact) mass is 611 g/mol. The van der Waals surface area contributed by atoms with Crippen molar-refractivity contribution >= 4 is 23.2 Å². The van der Waals surface area contributed by atoms with Gasteiger partial charge in [-0.05, 0) is 80.6 Å². The van der Waals surface area contributed by atoms with Gasteiger partial charge in [-0.25, -0.2) is 4.98 Å². The van der Waals surface area contributed by atoms with Gasteiger partial charge in [0.1, 0.15) is 12.2 Å². The first kappa shape index (κ1) is 31.6. The molecule has 1 atom stereocenters. The van der Waals surface area contributed by atoms with E-state index in [4.69, 9.17) is 18.9 Å². The van der Waals surface area contributed by atoms with Crippen molar-refractivity contribution in [2.24, 2.45) is 0 Å². The van der Waals surface area contributed by atoms with E-state index in [2.05, 4.69) is 32.8 Å². The van der Waals surface area contributed by atoms with Crippen LogP contribution in [-0.4, -0.2) is 49.3 Å². The highest BCUT2D eigenvalue weighted by Crippen LogP contribution is 2.35. The molecule has 1 fully saturated rings. The standard InChI is InChI=1S/C35H41N5O5/c1-6-9-24-13-15-29(30(18-24)42-4)45-34-27(33(41)39-32-22(2)10-7-11-23(32)3)20-37-35(40-34)38-25-14-16-28(31(19-25)43-5)44-21-26-12-8-17-36-26/h7,10-11,13-16,18-20,26,36H,6,8-9,12,17,21H2,1-5H3,(H,39,41)(H,37,38,40)/t26-/m0/s1. The summed E-state index contributed by atoms with van der Waals surface area (Å²) in [6.45, 7) is 7.60. The van der Waals surface area contributed by atoms with Crippen molar-refractivity contribution in [3.05, 3.63) is 83.0 Å². The molecule has 10 nitrogen and oxygen atoms in total. The molecule has 0 bridgehead atoms. The molecule has 3 aromatic carbocycles. The lowest BCUT2D eigenvalue weighted by Gasteiger charge is -2.17. The molecule has 1 aromatic heterocycles. The molecule has 236 valence electrons. The van der Waals surface area contributed by atoms with Crippen LogP contribution in [0, 0.1) is 13.8 Å². The number of methoxy groups -OCH3 is 2. The van der Waals surface area contributed by atoms with Crippen molar-refractivity contribution in [1.29, 1.82) is 0 Å². The van der Waals surface area contributed by atoms with Crippen LogP contribution in [-0.2, 0) is 6.42 Å². The van der Waals surface area contributed by atoms with Gasteiger partial charge in [0.15, 0.2) is 23.0 Å². The third kappa shape index (κ3) is 7.82. The molecule has 1 saturated heterocycles. The lowest BCUT2D eigenvalue weighted by atomic mass is 10.1. The van der Waals surface area contributed by atoms with E-state index in [-0.39, 0.29) is 17.4 Å². The van der Waals surface area contributed by atoms with Gasteiger partial charge in [0, 0.05) is 29.7 Å². The molecular formula is C35H41N5O5. The van der Waals surface area contributed by atoms with Crippen LogP contribution in [0.5, 0.6) is 28.9 Å². The van der Waals surface area contributed by atoms with E-state index in [0.29, 0.717) is 41.3 Å². The van der Waals surface area contributed by atoms with Gasteiger partial charge in [0.05, 0.1) is 14.2 Å². The van der Waals surface area contributed by atoms with Gasteiger partial charge in [-0.3, -0.25) is 4.79 Å². The summed E-state index contributed by atoms with van der Waals surface area (Å²) in [6.07, 6.45) is 5.61. The number of hydrogen-bond acceptors (Lipinski definition) is 9. The van der Waals surface area contributed by atoms with E-state index in [9.17, 15) is 4.79 Å². The molecule has 1 aliphatic heterocycles. The van der Waals surface area contributed by atoms with Crippen LogP contribution in [0.15, 0.2) is 60.8 Å². The number of anilines is 3. The van der Waals surface area contributed by atoms with E-state index < -0.39 is 5.91 Å². The zero-order chi connectivity index (χ0) is 31.8. The van der Waals surface area contributed by atoms with Crippen LogP contribution in [0.25, 0.3) is 0 Å². The molecule has 2 heterocycles. The number of nitrogens with one attached hydrogen (secondary N) is 3. The minimum absolute atomic E-state index is 0.0776. The van der Waals surface area contributed by atoms with Gasteiger partial charge in [0.2, 0.25) is 11.8 Å². The number of aromatic nitrogens is 2. The number of hydrogen-bond donors (Lipinski definition) is 3. The minimum atomic E-state index is -0.393. The maximum Gasteiger partial charge on any atom is 0.262 e. The molecule has 0 unspecified atom stereocenters. The quantitative estimate of drug-likeness (QED) is 0.147. The fourth-order valence-corrected chi connectivity index (χ4v) is 5.28. The molecule has 0 radical (unpaired) electrons. The van der Waals surface area contributed by atoms with Gasteiger partial charge in [-0.15, -0.1) is 0 Å². The molecule has 3 N–H and O–H groups in total. The zero-order valence-electron chi connectivity index (χ0n) is 26.5. The number of aryl methyl sites for hydroxylation is 3. The summed E-state index contributed by atoms with van der Waals surface area (Å²) in [4.78, 5) is 22.7. The van der Waals surface area contributed by atoms with Crippen molar-refractivity contribution < 1.29 is 23.7 Å². The van der Waals surface area contributed by atoms with Gasteiger partial charge in [-0.2, -0.15) is 4.98 Å². The molecule has 45 heavy (non-hydrogen) atoms. The van der Waals surface area contributed by atoms with Crippen LogP contribution in [0.3, 0.4) is 0 Å². The van der Waals surface area contributed by atoms with Crippen LogP contribution in [0.1, 0.15) is 53.2 Å². The molecule has 4 aromatic rings. The lowest BCUT2D eigenvalue weighted by molar-refractivity contribution is 0.102. The molecule has 0 saturated carbocycles. The Hall–Kier alpha value is -4.83. The van der Waals surface area contributed by atoms with Crippen LogP contribution >= 0.6 is 0 Å². The number of ether oxygens (including phenoxy) is 4. The molecular weight excluding hydrogens is 570 g/mol. The first-order valence-electron chi connectivity index (χ1n) is 15.3. The third-order valence-corrected chi connectivity index (χ3v) is 7.71. The predicted octanol–water partition coefficient (Wildman–Crippen LogP) is 6.98. The fraction of sp³-hybridized carbons (Fsp3) is 0.343. The Morgan fingerprint density at radius 3 is 2.44 bits per heavy atom. The Kier molecular flexibility index (Phi) is 10.4. The summed E-state index contributed by atoms with van der Waals surface area (Å²) in [7, 11) is 3.19. The third-order valence-electron chi connectivity index (χ3n) is 7.71. The number of carbonyl (C=O) groups excluding carboxylic acids is 1. The maximum atomic E-state index is 13.6. The smallest absolute Gasteiger partial charge is 0.262 e. The summed E-state index contributed by atoms with van der Waals surface area (Å²) < 4.78 is 23.5. The summed E-state index contributed by atoms with van der Waals surface area (Å²) in [5, 5.41) is 9.65.